The second-order valence-electron chi connectivity index (χ2n) is 4.53. The van der Waals surface area contributed by atoms with Crippen LogP contribution in [0.25, 0.3) is 0 Å². The molecule has 1 amide bonds. The predicted octanol–water partition coefficient (Wildman–Crippen LogP) is 1.81. The minimum absolute atomic E-state index is 0.137. The topological polar surface area (TPSA) is 66.4 Å². The number of carboxylic acids is 1. The Morgan fingerprint density at radius 3 is 2.72 bits per heavy atom. The lowest BCUT2D eigenvalue weighted by Gasteiger charge is -2.12. The first-order valence-corrected chi connectivity index (χ1v) is 5.85. The number of carbonyl (C=O) groups is 2. The highest BCUT2D eigenvalue weighted by Crippen LogP contribution is 2.25. The second-order valence-corrected chi connectivity index (χ2v) is 4.53. The molecule has 1 saturated carbocycles. The van der Waals surface area contributed by atoms with Gasteiger partial charge >= 0.3 is 5.97 Å². The lowest BCUT2D eigenvalue weighted by Crippen LogP contribution is -2.33. The third-order valence-corrected chi connectivity index (χ3v) is 3.20. The lowest BCUT2D eigenvalue weighted by atomic mass is 10.1. The highest BCUT2D eigenvalue weighted by molar-refractivity contribution is 5.94. The van der Waals surface area contributed by atoms with Gasteiger partial charge in [0.25, 0.3) is 5.91 Å². The minimum Gasteiger partial charge on any atom is -0.481 e. The molecule has 18 heavy (non-hydrogen) atoms. The third kappa shape index (κ3) is 2.85. The van der Waals surface area contributed by atoms with Gasteiger partial charge in [-0.2, -0.15) is 0 Å². The van der Waals surface area contributed by atoms with Gasteiger partial charge < -0.3 is 10.4 Å². The maximum absolute atomic E-state index is 13.0. The van der Waals surface area contributed by atoms with Gasteiger partial charge in [0, 0.05) is 11.6 Å². The average molecular weight is 251 g/mol. The first-order valence-electron chi connectivity index (χ1n) is 5.85. The van der Waals surface area contributed by atoms with Crippen molar-refractivity contribution in [2.45, 2.75) is 25.3 Å². The monoisotopic (exact) mass is 251 g/mol. The highest BCUT2D eigenvalue weighted by Gasteiger charge is 2.30. The molecule has 1 aromatic carbocycles. The molecule has 1 aliphatic rings. The molecule has 0 bridgehead atoms. The van der Waals surface area contributed by atoms with Crippen LogP contribution < -0.4 is 5.32 Å². The number of hydrogen-bond acceptors (Lipinski definition) is 2. The van der Waals surface area contributed by atoms with E-state index in [0.29, 0.717) is 19.3 Å². The summed E-state index contributed by atoms with van der Waals surface area (Å²) in [7, 11) is 0. The SMILES string of the molecule is O=C(N[C@H]1CC[C@@H](C(=O)O)C1)c1cccc(F)c1. The second kappa shape index (κ2) is 5.16. The van der Waals surface area contributed by atoms with E-state index in [1.54, 1.807) is 0 Å². The van der Waals surface area contributed by atoms with Crippen LogP contribution >= 0.6 is 0 Å². The summed E-state index contributed by atoms with van der Waals surface area (Å²) in [4.78, 5) is 22.6. The van der Waals surface area contributed by atoms with Crippen LogP contribution in [0.2, 0.25) is 0 Å². The summed E-state index contributed by atoms with van der Waals surface area (Å²) in [6.45, 7) is 0. The molecule has 1 aliphatic carbocycles. The molecule has 0 heterocycles. The summed E-state index contributed by atoms with van der Waals surface area (Å²) in [5.74, 6) is -2.02. The fourth-order valence-corrected chi connectivity index (χ4v) is 2.24. The molecule has 0 aliphatic heterocycles. The molecule has 1 fully saturated rings. The molecule has 0 radical (unpaired) electrons. The average Bonchev–Trinajstić information content (AvgIpc) is 2.77. The number of nitrogens with one attached hydrogen (secondary N) is 1. The summed E-state index contributed by atoms with van der Waals surface area (Å²) in [6.07, 6.45) is 1.66. The Bertz CT molecular complexity index is 475. The van der Waals surface area contributed by atoms with Crippen LogP contribution in [0.4, 0.5) is 4.39 Å². The molecule has 4 nitrogen and oxygen atoms in total. The van der Waals surface area contributed by atoms with Crippen LogP contribution in [0.3, 0.4) is 0 Å². The fourth-order valence-electron chi connectivity index (χ4n) is 2.24. The molecule has 0 unspecified atom stereocenters. The van der Waals surface area contributed by atoms with Crippen molar-refractivity contribution in [1.82, 2.24) is 5.32 Å². The molecule has 2 atom stereocenters. The lowest BCUT2D eigenvalue weighted by molar-refractivity contribution is -0.141. The van der Waals surface area contributed by atoms with Crippen molar-refractivity contribution >= 4 is 11.9 Å². The van der Waals surface area contributed by atoms with Crippen molar-refractivity contribution in [2.24, 2.45) is 5.92 Å². The maximum atomic E-state index is 13.0. The number of rotatable bonds is 3. The molecule has 0 saturated heterocycles. The standard InChI is InChI=1S/C13H14FNO3/c14-10-3-1-2-8(6-10)12(16)15-11-5-4-9(7-11)13(17)18/h1-3,6,9,11H,4-5,7H2,(H,15,16)(H,17,18)/t9-,11+/m1/s1. The third-order valence-electron chi connectivity index (χ3n) is 3.20. The Kier molecular flexibility index (Phi) is 3.60. The van der Waals surface area contributed by atoms with E-state index in [4.69, 9.17) is 5.11 Å². The first kappa shape index (κ1) is 12.5. The molecule has 2 rings (SSSR count). The highest BCUT2D eigenvalue weighted by atomic mass is 19.1. The zero-order chi connectivity index (χ0) is 13.1. The smallest absolute Gasteiger partial charge is 0.306 e. The van der Waals surface area contributed by atoms with Gasteiger partial charge in [-0.25, -0.2) is 4.39 Å². The van der Waals surface area contributed by atoms with Gasteiger partial charge in [-0.15, -0.1) is 0 Å². The molecule has 0 spiro atoms. The van der Waals surface area contributed by atoms with E-state index in [0.717, 1.165) is 0 Å². The van der Waals surface area contributed by atoms with Gasteiger partial charge in [-0.1, -0.05) is 6.07 Å². The van der Waals surface area contributed by atoms with Crippen molar-refractivity contribution < 1.29 is 19.1 Å². The summed E-state index contributed by atoms with van der Waals surface area (Å²) in [6, 6.07) is 5.30. The van der Waals surface area contributed by atoms with E-state index in [1.165, 1.54) is 24.3 Å². The predicted molar refractivity (Wildman–Crippen MR) is 62.6 cm³/mol. The van der Waals surface area contributed by atoms with Crippen molar-refractivity contribution in [3.8, 4) is 0 Å². The van der Waals surface area contributed by atoms with Crippen LogP contribution in [0.5, 0.6) is 0 Å². The van der Waals surface area contributed by atoms with Gasteiger partial charge in [0.2, 0.25) is 0 Å². The summed E-state index contributed by atoms with van der Waals surface area (Å²) in [5.41, 5.74) is 0.258. The molecule has 2 N–H and O–H groups in total. The van der Waals surface area contributed by atoms with Crippen LogP contribution in [0.15, 0.2) is 24.3 Å². The van der Waals surface area contributed by atoms with Gasteiger partial charge in [-0.3, -0.25) is 9.59 Å². The first-order chi connectivity index (χ1) is 8.56. The van der Waals surface area contributed by atoms with Crippen molar-refractivity contribution in [1.29, 1.82) is 0 Å². The zero-order valence-corrected chi connectivity index (χ0v) is 9.73. The Balaban J connectivity index is 1.95. The molecular formula is C13H14FNO3. The zero-order valence-electron chi connectivity index (χ0n) is 9.73. The summed E-state index contributed by atoms with van der Waals surface area (Å²) >= 11 is 0. The van der Waals surface area contributed by atoms with Crippen LogP contribution in [0, 0.1) is 11.7 Å². The van der Waals surface area contributed by atoms with Crippen LogP contribution in [0.1, 0.15) is 29.6 Å². The summed E-state index contributed by atoms with van der Waals surface area (Å²) in [5, 5.41) is 11.6. The van der Waals surface area contributed by atoms with Gasteiger partial charge in [0.15, 0.2) is 0 Å². The van der Waals surface area contributed by atoms with E-state index in [-0.39, 0.29) is 23.4 Å². The largest absolute Gasteiger partial charge is 0.481 e. The molecule has 0 aromatic heterocycles. The maximum Gasteiger partial charge on any atom is 0.306 e. The van der Waals surface area contributed by atoms with Crippen LogP contribution in [-0.4, -0.2) is 23.0 Å². The number of benzene rings is 1. The van der Waals surface area contributed by atoms with Gasteiger partial charge in [-0.05, 0) is 37.5 Å². The van der Waals surface area contributed by atoms with E-state index in [2.05, 4.69) is 5.32 Å². The van der Waals surface area contributed by atoms with Crippen LogP contribution in [-0.2, 0) is 4.79 Å². The Morgan fingerprint density at radius 1 is 1.33 bits per heavy atom. The Labute approximate surface area is 104 Å². The fraction of sp³-hybridized carbons (Fsp3) is 0.385. The number of hydrogen-bond donors (Lipinski definition) is 2. The molecule has 1 aromatic rings. The summed E-state index contributed by atoms with van der Waals surface area (Å²) < 4.78 is 13.0. The van der Waals surface area contributed by atoms with E-state index in [1.807, 2.05) is 0 Å². The van der Waals surface area contributed by atoms with Crippen molar-refractivity contribution in [2.75, 3.05) is 0 Å². The van der Waals surface area contributed by atoms with Crippen molar-refractivity contribution in [3.63, 3.8) is 0 Å². The number of halogens is 1. The molecule has 5 heteroatoms. The normalized spacial score (nSPS) is 22.7. The molecule has 96 valence electrons. The number of carboxylic acid groups (broad SMARTS) is 1. The number of carbonyl (C=O) groups excluding carboxylic acids is 1. The van der Waals surface area contributed by atoms with Gasteiger partial charge in [0.05, 0.1) is 5.92 Å². The Morgan fingerprint density at radius 2 is 2.11 bits per heavy atom. The van der Waals surface area contributed by atoms with Crippen molar-refractivity contribution in [3.05, 3.63) is 35.6 Å². The number of aliphatic carboxylic acids is 1. The molecular weight excluding hydrogens is 237 g/mol. The van der Waals surface area contributed by atoms with E-state index >= 15 is 0 Å². The van der Waals surface area contributed by atoms with E-state index in [9.17, 15) is 14.0 Å². The number of amides is 1. The quantitative estimate of drug-likeness (QED) is 0.861. The Hall–Kier alpha value is -1.91. The minimum atomic E-state index is -0.822. The van der Waals surface area contributed by atoms with Gasteiger partial charge in [0.1, 0.15) is 5.82 Å². The van der Waals surface area contributed by atoms with E-state index < -0.39 is 11.8 Å².